The van der Waals surface area contributed by atoms with Crippen LogP contribution in [0.15, 0.2) is 41.9 Å². The summed E-state index contributed by atoms with van der Waals surface area (Å²) in [5.74, 6) is -0.389. The van der Waals surface area contributed by atoms with Gasteiger partial charge in [0, 0.05) is 18.1 Å². The Balaban J connectivity index is 1.47. The average Bonchev–Trinajstić information content (AvgIpc) is 3.24. The molecule has 0 radical (unpaired) electrons. The van der Waals surface area contributed by atoms with Crippen molar-refractivity contribution in [2.24, 2.45) is 0 Å². The molecule has 7 heteroatoms. The van der Waals surface area contributed by atoms with Crippen LogP contribution >= 0.6 is 0 Å². The molecular weight excluding hydrogens is 436 g/mol. The van der Waals surface area contributed by atoms with Crippen LogP contribution in [0.3, 0.4) is 0 Å². The molecule has 0 spiro atoms. The Morgan fingerprint density at radius 2 is 1.79 bits per heavy atom. The molecule has 0 bridgehead atoms. The standard InChI is InChI=1S/C27H28O7/c1-26(2)8-7-14-9-16(19(29)13-20(14)33-26)11-21-24(30)23(25(31)32-21)15-5-6-18(28)17(10-15)12-22-27(3,4)34-22/h5-6,9-11,13,22,28-30H,7-8,12H2,1-4H3/t22-/m1/s1. The van der Waals surface area contributed by atoms with E-state index in [1.165, 1.54) is 12.1 Å². The third-order valence-electron chi connectivity index (χ3n) is 6.69. The number of fused-ring (bicyclic) bond motifs is 1. The smallest absolute Gasteiger partial charge is 0.348 e. The van der Waals surface area contributed by atoms with Crippen molar-refractivity contribution in [2.45, 2.75) is 64.3 Å². The van der Waals surface area contributed by atoms with E-state index in [0.29, 0.717) is 28.9 Å². The minimum atomic E-state index is -0.703. The van der Waals surface area contributed by atoms with Gasteiger partial charge in [-0.2, -0.15) is 0 Å². The van der Waals surface area contributed by atoms with Crippen molar-refractivity contribution in [3.63, 3.8) is 0 Å². The fourth-order valence-corrected chi connectivity index (χ4v) is 4.46. The summed E-state index contributed by atoms with van der Waals surface area (Å²) in [6.45, 7) is 7.94. The first-order valence-electron chi connectivity index (χ1n) is 11.4. The zero-order valence-corrected chi connectivity index (χ0v) is 19.6. The second-order valence-electron chi connectivity index (χ2n) is 10.3. The Kier molecular flexibility index (Phi) is 4.95. The molecule has 3 N–H and O–H groups in total. The number of phenolic OH excluding ortho intramolecular Hbond substituents is 2. The van der Waals surface area contributed by atoms with Crippen molar-refractivity contribution in [3.05, 3.63) is 64.1 Å². The Labute approximate surface area is 197 Å². The summed E-state index contributed by atoms with van der Waals surface area (Å²) in [4.78, 5) is 12.7. The molecule has 1 saturated heterocycles. The van der Waals surface area contributed by atoms with E-state index in [0.717, 1.165) is 18.4 Å². The molecule has 1 fully saturated rings. The van der Waals surface area contributed by atoms with Gasteiger partial charge in [0.25, 0.3) is 0 Å². The Hall–Kier alpha value is -3.45. The van der Waals surface area contributed by atoms with E-state index < -0.39 is 5.97 Å². The number of aliphatic hydroxyl groups excluding tert-OH is 1. The number of benzene rings is 2. The lowest BCUT2D eigenvalue weighted by Crippen LogP contribution is -2.32. The van der Waals surface area contributed by atoms with Crippen LogP contribution in [-0.2, 0) is 27.1 Å². The molecular formula is C27H28O7. The van der Waals surface area contributed by atoms with Crippen molar-refractivity contribution < 1.29 is 34.3 Å². The largest absolute Gasteiger partial charge is 0.508 e. The monoisotopic (exact) mass is 464 g/mol. The summed E-state index contributed by atoms with van der Waals surface area (Å²) in [6.07, 6.45) is 3.52. The maximum atomic E-state index is 12.7. The molecule has 2 aromatic rings. The zero-order chi connectivity index (χ0) is 24.4. The van der Waals surface area contributed by atoms with Gasteiger partial charge < -0.3 is 29.5 Å². The first kappa shape index (κ1) is 22.3. The van der Waals surface area contributed by atoms with Crippen LogP contribution in [0.5, 0.6) is 17.2 Å². The number of carbonyl (C=O) groups excluding carboxylic acids is 1. The first-order valence-corrected chi connectivity index (χ1v) is 11.4. The molecule has 0 aromatic heterocycles. The first-order chi connectivity index (χ1) is 15.9. The normalized spacial score (nSPS) is 23.5. The van der Waals surface area contributed by atoms with E-state index in [2.05, 4.69) is 0 Å². The van der Waals surface area contributed by atoms with Crippen LogP contribution in [-0.4, -0.2) is 38.6 Å². The number of phenols is 2. The second kappa shape index (κ2) is 7.53. The van der Waals surface area contributed by atoms with E-state index in [-0.39, 0.29) is 45.9 Å². The highest BCUT2D eigenvalue weighted by molar-refractivity contribution is 6.21. The molecule has 0 unspecified atom stereocenters. The Morgan fingerprint density at radius 1 is 1.06 bits per heavy atom. The molecule has 1 atom stereocenters. The summed E-state index contributed by atoms with van der Waals surface area (Å²) in [5.41, 5.74) is 1.86. The number of hydrogen-bond acceptors (Lipinski definition) is 7. The average molecular weight is 465 g/mol. The Morgan fingerprint density at radius 3 is 2.50 bits per heavy atom. The number of aliphatic hydroxyl groups is 1. The van der Waals surface area contributed by atoms with Crippen LogP contribution in [0, 0.1) is 0 Å². The fraction of sp³-hybridized carbons (Fsp3) is 0.370. The number of cyclic esters (lactones) is 1. The van der Waals surface area contributed by atoms with E-state index in [1.807, 2.05) is 27.7 Å². The highest BCUT2D eigenvalue weighted by Gasteiger charge is 2.47. The summed E-state index contributed by atoms with van der Waals surface area (Å²) in [5, 5.41) is 31.6. The summed E-state index contributed by atoms with van der Waals surface area (Å²) in [6, 6.07) is 8.05. The van der Waals surface area contributed by atoms with Crippen molar-refractivity contribution >= 4 is 17.6 Å². The van der Waals surface area contributed by atoms with Crippen molar-refractivity contribution in [1.29, 1.82) is 0 Å². The summed E-state index contributed by atoms with van der Waals surface area (Å²) < 4.78 is 16.9. The van der Waals surface area contributed by atoms with Gasteiger partial charge in [-0.1, -0.05) is 6.07 Å². The van der Waals surface area contributed by atoms with Crippen molar-refractivity contribution in [2.75, 3.05) is 0 Å². The topological polar surface area (TPSA) is 109 Å². The van der Waals surface area contributed by atoms with Crippen molar-refractivity contribution in [3.8, 4) is 17.2 Å². The Bertz CT molecular complexity index is 1270. The lowest BCUT2D eigenvalue weighted by molar-refractivity contribution is -0.131. The molecule has 0 amide bonds. The molecule has 3 aliphatic rings. The highest BCUT2D eigenvalue weighted by atomic mass is 16.6. The van der Waals surface area contributed by atoms with Crippen LogP contribution in [0.4, 0.5) is 0 Å². The number of epoxide rings is 1. The molecule has 7 nitrogen and oxygen atoms in total. The third-order valence-corrected chi connectivity index (χ3v) is 6.69. The predicted octanol–water partition coefficient (Wildman–Crippen LogP) is 4.79. The van der Waals surface area contributed by atoms with E-state index in [1.54, 1.807) is 24.3 Å². The molecule has 3 heterocycles. The number of ether oxygens (including phenoxy) is 3. The zero-order valence-electron chi connectivity index (χ0n) is 19.6. The van der Waals surface area contributed by atoms with Crippen LogP contribution < -0.4 is 4.74 Å². The van der Waals surface area contributed by atoms with Gasteiger partial charge in [0.1, 0.15) is 28.4 Å². The van der Waals surface area contributed by atoms with E-state index >= 15 is 0 Å². The van der Waals surface area contributed by atoms with Crippen LogP contribution in [0.25, 0.3) is 11.6 Å². The SMILES string of the molecule is CC1(C)CCc2cc(C=C3OC(=O)C(c4ccc(O)c(C[C@H]5OC5(C)C)c4)=C3O)c(O)cc2O1. The number of aryl methyl sites for hydroxylation is 1. The van der Waals surface area contributed by atoms with Gasteiger partial charge in [0.05, 0.1) is 11.7 Å². The summed E-state index contributed by atoms with van der Waals surface area (Å²) >= 11 is 0. The van der Waals surface area contributed by atoms with Gasteiger partial charge in [-0.15, -0.1) is 0 Å². The molecule has 3 aliphatic heterocycles. The van der Waals surface area contributed by atoms with Gasteiger partial charge in [0.2, 0.25) is 0 Å². The third kappa shape index (κ3) is 4.01. The van der Waals surface area contributed by atoms with Crippen LogP contribution in [0.2, 0.25) is 0 Å². The number of esters is 1. The predicted molar refractivity (Wildman–Crippen MR) is 126 cm³/mol. The lowest BCUT2D eigenvalue weighted by atomic mass is 9.93. The van der Waals surface area contributed by atoms with E-state index in [9.17, 15) is 20.1 Å². The molecule has 34 heavy (non-hydrogen) atoms. The lowest BCUT2D eigenvalue weighted by Gasteiger charge is -2.32. The molecule has 5 rings (SSSR count). The van der Waals surface area contributed by atoms with E-state index in [4.69, 9.17) is 14.2 Å². The van der Waals surface area contributed by atoms with Gasteiger partial charge >= 0.3 is 5.97 Å². The van der Waals surface area contributed by atoms with Gasteiger partial charge in [-0.25, -0.2) is 4.79 Å². The van der Waals surface area contributed by atoms with Gasteiger partial charge in [-0.05, 0) is 81.5 Å². The summed E-state index contributed by atoms with van der Waals surface area (Å²) in [7, 11) is 0. The number of rotatable bonds is 4. The highest BCUT2D eigenvalue weighted by Crippen LogP contribution is 2.42. The maximum Gasteiger partial charge on any atom is 0.348 e. The molecule has 2 aromatic carbocycles. The maximum absolute atomic E-state index is 12.7. The minimum absolute atomic E-state index is 0.00556. The van der Waals surface area contributed by atoms with Crippen molar-refractivity contribution in [1.82, 2.24) is 0 Å². The van der Waals surface area contributed by atoms with Gasteiger partial charge in [-0.3, -0.25) is 0 Å². The minimum Gasteiger partial charge on any atom is -0.508 e. The number of hydrogen-bond donors (Lipinski definition) is 3. The molecule has 0 saturated carbocycles. The van der Waals surface area contributed by atoms with Gasteiger partial charge in [0.15, 0.2) is 11.5 Å². The quantitative estimate of drug-likeness (QED) is 0.441. The number of carbonyl (C=O) groups is 1. The molecule has 178 valence electrons. The molecule has 0 aliphatic carbocycles. The second-order valence-corrected chi connectivity index (χ2v) is 10.3. The fourth-order valence-electron chi connectivity index (χ4n) is 4.46. The van der Waals surface area contributed by atoms with Crippen LogP contribution in [0.1, 0.15) is 56.4 Å². The number of aromatic hydroxyl groups is 2.